The van der Waals surface area contributed by atoms with Crippen molar-refractivity contribution in [1.29, 1.82) is 0 Å². The molecule has 7 heteroatoms. The van der Waals surface area contributed by atoms with Gasteiger partial charge in [0.25, 0.3) is 5.91 Å². The summed E-state index contributed by atoms with van der Waals surface area (Å²) in [5, 5.41) is 1.08. The highest BCUT2D eigenvalue weighted by Gasteiger charge is 2.23. The van der Waals surface area contributed by atoms with Gasteiger partial charge in [-0.15, -0.1) is 0 Å². The molecule has 2 heterocycles. The number of pyridine rings is 1. The fourth-order valence-corrected chi connectivity index (χ4v) is 3.21. The number of halogens is 2. The molecular formula is C18H19Cl2N3O2. The highest BCUT2D eigenvalue weighted by Crippen LogP contribution is 2.24. The van der Waals surface area contributed by atoms with Gasteiger partial charge >= 0.3 is 0 Å². The monoisotopic (exact) mass is 379 g/mol. The van der Waals surface area contributed by atoms with Gasteiger partial charge < -0.3 is 9.64 Å². The molecule has 1 aromatic heterocycles. The summed E-state index contributed by atoms with van der Waals surface area (Å²) in [5.74, 6) is 0.819. The van der Waals surface area contributed by atoms with E-state index < -0.39 is 0 Å². The summed E-state index contributed by atoms with van der Waals surface area (Å²) >= 11 is 11.9. The maximum absolute atomic E-state index is 12.5. The minimum absolute atomic E-state index is 0.0100. The van der Waals surface area contributed by atoms with Crippen molar-refractivity contribution >= 4 is 29.1 Å². The Bertz CT molecular complexity index is 744. The summed E-state index contributed by atoms with van der Waals surface area (Å²) in [5.41, 5.74) is 1.62. The molecule has 0 spiro atoms. The lowest BCUT2D eigenvalue weighted by atomic mass is 10.1. The maximum atomic E-state index is 12.5. The van der Waals surface area contributed by atoms with Crippen LogP contribution in [0.5, 0.6) is 5.75 Å². The number of hydrogen-bond donors (Lipinski definition) is 0. The first-order valence-electron chi connectivity index (χ1n) is 8.02. The molecule has 25 heavy (non-hydrogen) atoms. The number of ether oxygens (including phenoxy) is 1. The molecule has 1 fully saturated rings. The molecule has 0 N–H and O–H groups in total. The standard InChI is InChI=1S/C18H19Cl2N3O2/c1-25-16-4-3-15(19)10-14(16)12-22-6-8-23(9-7-22)18(24)13-2-5-17(20)21-11-13/h2-5,10-11H,6-9,12H2,1H3. The number of nitrogens with zero attached hydrogens (tertiary/aromatic N) is 3. The van der Waals surface area contributed by atoms with E-state index in [9.17, 15) is 4.79 Å². The van der Waals surface area contributed by atoms with E-state index in [2.05, 4.69) is 9.88 Å². The second-order valence-electron chi connectivity index (χ2n) is 5.89. The summed E-state index contributed by atoms with van der Waals surface area (Å²) < 4.78 is 5.40. The van der Waals surface area contributed by atoms with Crippen LogP contribution in [0.2, 0.25) is 10.2 Å². The molecule has 0 bridgehead atoms. The van der Waals surface area contributed by atoms with Crippen LogP contribution in [0, 0.1) is 0 Å². The highest BCUT2D eigenvalue weighted by molar-refractivity contribution is 6.30. The van der Waals surface area contributed by atoms with Crippen molar-refractivity contribution in [3.05, 3.63) is 57.8 Å². The second kappa shape index (κ2) is 8.04. The van der Waals surface area contributed by atoms with Crippen molar-refractivity contribution < 1.29 is 9.53 Å². The third-order valence-corrected chi connectivity index (χ3v) is 4.73. The molecule has 1 saturated heterocycles. The fraction of sp³-hybridized carbons (Fsp3) is 0.333. The molecule has 2 aromatic rings. The Morgan fingerprint density at radius 1 is 1.16 bits per heavy atom. The number of carbonyl (C=O) groups is 1. The van der Waals surface area contributed by atoms with Gasteiger partial charge in [0, 0.05) is 49.5 Å². The second-order valence-corrected chi connectivity index (χ2v) is 6.72. The summed E-state index contributed by atoms with van der Waals surface area (Å²) in [7, 11) is 1.66. The molecule has 0 atom stereocenters. The SMILES string of the molecule is COc1ccc(Cl)cc1CN1CCN(C(=O)c2ccc(Cl)nc2)CC1. The Morgan fingerprint density at radius 2 is 1.92 bits per heavy atom. The van der Waals surface area contributed by atoms with Crippen LogP contribution >= 0.6 is 23.2 Å². The van der Waals surface area contributed by atoms with E-state index in [-0.39, 0.29) is 5.91 Å². The summed E-state index contributed by atoms with van der Waals surface area (Å²) in [6.07, 6.45) is 1.52. The molecule has 1 aliphatic rings. The minimum atomic E-state index is -0.0100. The molecule has 0 radical (unpaired) electrons. The zero-order valence-corrected chi connectivity index (χ0v) is 15.4. The van der Waals surface area contributed by atoms with E-state index in [0.29, 0.717) is 28.8 Å². The first kappa shape index (κ1) is 18.0. The van der Waals surface area contributed by atoms with Crippen molar-refractivity contribution in [3.8, 4) is 5.75 Å². The third-order valence-electron chi connectivity index (χ3n) is 4.27. The van der Waals surface area contributed by atoms with Gasteiger partial charge in [-0.1, -0.05) is 23.2 Å². The Balaban J connectivity index is 1.59. The zero-order chi connectivity index (χ0) is 17.8. The molecule has 5 nitrogen and oxygen atoms in total. The Morgan fingerprint density at radius 3 is 2.56 bits per heavy atom. The van der Waals surface area contributed by atoms with Gasteiger partial charge in [0.15, 0.2) is 0 Å². The molecular weight excluding hydrogens is 361 g/mol. The molecule has 1 aromatic carbocycles. The molecule has 1 amide bonds. The van der Waals surface area contributed by atoms with Crippen LogP contribution in [0.4, 0.5) is 0 Å². The number of aromatic nitrogens is 1. The molecule has 0 aliphatic carbocycles. The van der Waals surface area contributed by atoms with Crippen LogP contribution in [0.3, 0.4) is 0 Å². The molecule has 1 aliphatic heterocycles. The fourth-order valence-electron chi connectivity index (χ4n) is 2.91. The molecule has 0 unspecified atom stereocenters. The van der Waals surface area contributed by atoms with E-state index in [4.69, 9.17) is 27.9 Å². The van der Waals surface area contributed by atoms with Crippen LogP contribution < -0.4 is 4.74 Å². The van der Waals surface area contributed by atoms with Crippen LogP contribution in [-0.4, -0.2) is 54.0 Å². The van der Waals surface area contributed by atoms with E-state index in [0.717, 1.165) is 30.9 Å². The smallest absolute Gasteiger partial charge is 0.255 e. The van der Waals surface area contributed by atoms with Gasteiger partial charge in [-0.3, -0.25) is 9.69 Å². The quantitative estimate of drug-likeness (QED) is 0.764. The summed E-state index contributed by atoms with van der Waals surface area (Å²) in [6, 6.07) is 8.97. The summed E-state index contributed by atoms with van der Waals surface area (Å²) in [6.45, 7) is 3.67. The molecule has 0 saturated carbocycles. The highest BCUT2D eigenvalue weighted by atomic mass is 35.5. The van der Waals surface area contributed by atoms with Crippen LogP contribution in [0.1, 0.15) is 15.9 Å². The van der Waals surface area contributed by atoms with E-state index in [1.54, 1.807) is 19.2 Å². The van der Waals surface area contributed by atoms with Gasteiger partial charge in [-0.2, -0.15) is 0 Å². The number of carbonyl (C=O) groups excluding carboxylic acids is 1. The van der Waals surface area contributed by atoms with E-state index >= 15 is 0 Å². The summed E-state index contributed by atoms with van der Waals surface area (Å²) in [4.78, 5) is 20.6. The lowest BCUT2D eigenvalue weighted by Gasteiger charge is -2.35. The minimum Gasteiger partial charge on any atom is -0.496 e. The largest absolute Gasteiger partial charge is 0.496 e. The predicted octanol–water partition coefficient (Wildman–Crippen LogP) is 3.36. The number of amides is 1. The van der Waals surface area contributed by atoms with Gasteiger partial charge in [0.05, 0.1) is 12.7 Å². The lowest BCUT2D eigenvalue weighted by molar-refractivity contribution is 0.0627. The van der Waals surface area contributed by atoms with Gasteiger partial charge in [0.2, 0.25) is 0 Å². The number of rotatable bonds is 4. The van der Waals surface area contributed by atoms with Gasteiger partial charge in [-0.25, -0.2) is 4.98 Å². The Hall–Kier alpha value is -1.82. The van der Waals surface area contributed by atoms with Crippen molar-refractivity contribution in [2.24, 2.45) is 0 Å². The van der Waals surface area contributed by atoms with Crippen LogP contribution in [0.25, 0.3) is 0 Å². The van der Waals surface area contributed by atoms with Gasteiger partial charge in [0.1, 0.15) is 10.9 Å². The molecule has 132 valence electrons. The van der Waals surface area contributed by atoms with Crippen molar-refractivity contribution in [3.63, 3.8) is 0 Å². The lowest BCUT2D eigenvalue weighted by Crippen LogP contribution is -2.48. The van der Waals surface area contributed by atoms with Crippen molar-refractivity contribution in [2.75, 3.05) is 33.3 Å². The van der Waals surface area contributed by atoms with E-state index in [1.807, 2.05) is 23.1 Å². The topological polar surface area (TPSA) is 45.7 Å². The van der Waals surface area contributed by atoms with Crippen molar-refractivity contribution in [2.45, 2.75) is 6.54 Å². The predicted molar refractivity (Wildman–Crippen MR) is 98.4 cm³/mol. The zero-order valence-electron chi connectivity index (χ0n) is 13.9. The Kier molecular flexibility index (Phi) is 5.78. The average molecular weight is 380 g/mol. The number of hydrogen-bond acceptors (Lipinski definition) is 4. The van der Waals surface area contributed by atoms with Crippen LogP contribution in [-0.2, 0) is 6.54 Å². The maximum Gasteiger partial charge on any atom is 0.255 e. The third kappa shape index (κ3) is 4.42. The molecule has 3 rings (SSSR count). The first-order chi connectivity index (χ1) is 12.1. The normalized spacial score (nSPS) is 15.2. The Labute approximate surface area is 157 Å². The van der Waals surface area contributed by atoms with E-state index in [1.165, 1.54) is 6.20 Å². The number of piperazine rings is 1. The number of methoxy groups -OCH3 is 1. The number of benzene rings is 1. The first-order valence-corrected chi connectivity index (χ1v) is 8.78. The van der Waals surface area contributed by atoms with Gasteiger partial charge in [-0.05, 0) is 30.3 Å². The van der Waals surface area contributed by atoms with Crippen molar-refractivity contribution in [1.82, 2.24) is 14.8 Å². The average Bonchev–Trinajstić information content (AvgIpc) is 2.63. The van der Waals surface area contributed by atoms with Crippen LogP contribution in [0.15, 0.2) is 36.5 Å².